The van der Waals surface area contributed by atoms with Crippen LogP contribution in [0.25, 0.3) is 12.2 Å². The fourth-order valence-electron chi connectivity index (χ4n) is 3.46. The van der Waals surface area contributed by atoms with Crippen molar-refractivity contribution in [3.05, 3.63) is 77.4 Å². The highest BCUT2D eigenvalue weighted by Gasteiger charge is 2.21. The van der Waals surface area contributed by atoms with Gasteiger partial charge in [-0.15, -0.1) is 0 Å². The number of rotatable bonds is 6. The first kappa shape index (κ1) is 22.0. The lowest BCUT2D eigenvalue weighted by molar-refractivity contribution is -0.129. The summed E-state index contributed by atoms with van der Waals surface area (Å²) in [6, 6.07) is 14.8. The monoisotopic (exact) mass is 419 g/mol. The van der Waals surface area contributed by atoms with Crippen LogP contribution in [-0.4, -0.2) is 53.9 Å². The number of hydrogen-bond donors (Lipinski definition) is 2. The van der Waals surface area contributed by atoms with Crippen molar-refractivity contribution in [1.82, 2.24) is 10.4 Å². The number of hydrogen-bond acceptors (Lipinski definition) is 5. The summed E-state index contributed by atoms with van der Waals surface area (Å²) in [7, 11) is 0. The van der Waals surface area contributed by atoms with Gasteiger partial charge in [-0.1, -0.05) is 36.4 Å². The van der Waals surface area contributed by atoms with Crippen LogP contribution >= 0.6 is 0 Å². The van der Waals surface area contributed by atoms with Crippen LogP contribution in [0.1, 0.15) is 28.4 Å². The fourth-order valence-corrected chi connectivity index (χ4v) is 3.46. The molecule has 1 heterocycles. The Morgan fingerprint density at radius 3 is 2.19 bits per heavy atom. The van der Waals surface area contributed by atoms with E-state index in [1.165, 1.54) is 12.2 Å². The van der Waals surface area contributed by atoms with E-state index in [1.807, 2.05) is 53.4 Å². The van der Waals surface area contributed by atoms with E-state index in [2.05, 4.69) is 4.90 Å². The van der Waals surface area contributed by atoms with Crippen LogP contribution in [0.2, 0.25) is 0 Å². The molecule has 3 rings (SSSR count). The second-order valence-electron chi connectivity index (χ2n) is 7.19. The summed E-state index contributed by atoms with van der Waals surface area (Å²) in [6.07, 6.45) is 6.06. The molecular formula is C24H25N3O4. The van der Waals surface area contributed by atoms with Gasteiger partial charge in [0.05, 0.1) is 0 Å². The standard InChI is InChI=1S/C24H25N3O4/c1-18(28)26-13-15-27(16-14-26)22-8-3-2-7-21(22)23(29)11-9-19-5-4-6-20(17-19)10-12-24(30)25-31/h2-12,17,31H,13-16H2,1H3,(H,25,30). The number of benzene rings is 2. The molecule has 0 spiro atoms. The zero-order valence-corrected chi connectivity index (χ0v) is 17.3. The van der Waals surface area contributed by atoms with Gasteiger partial charge < -0.3 is 9.80 Å². The zero-order valence-electron chi connectivity index (χ0n) is 17.3. The minimum absolute atomic E-state index is 0.0704. The molecule has 0 radical (unpaired) electrons. The number of nitrogens with zero attached hydrogens (tertiary/aromatic N) is 2. The number of nitrogens with one attached hydrogen (secondary N) is 1. The van der Waals surface area contributed by atoms with E-state index in [1.54, 1.807) is 24.6 Å². The van der Waals surface area contributed by atoms with E-state index in [9.17, 15) is 14.4 Å². The van der Waals surface area contributed by atoms with Crippen molar-refractivity contribution in [2.75, 3.05) is 31.1 Å². The lowest BCUT2D eigenvalue weighted by atomic mass is 10.0. The Kier molecular flexibility index (Phi) is 7.35. The van der Waals surface area contributed by atoms with Crippen molar-refractivity contribution in [1.29, 1.82) is 0 Å². The van der Waals surface area contributed by atoms with Crippen molar-refractivity contribution in [3.63, 3.8) is 0 Å². The van der Waals surface area contributed by atoms with Crippen molar-refractivity contribution >= 4 is 35.4 Å². The number of amides is 2. The van der Waals surface area contributed by atoms with Crippen molar-refractivity contribution < 1.29 is 19.6 Å². The Bertz CT molecular complexity index is 1020. The smallest absolute Gasteiger partial charge is 0.267 e. The number of hydroxylamine groups is 1. The molecule has 0 saturated carbocycles. The van der Waals surface area contributed by atoms with Crippen molar-refractivity contribution in [3.8, 4) is 0 Å². The molecule has 1 fully saturated rings. The molecule has 2 aromatic carbocycles. The van der Waals surface area contributed by atoms with Gasteiger partial charge in [0.25, 0.3) is 5.91 Å². The van der Waals surface area contributed by atoms with Gasteiger partial charge in [0.15, 0.2) is 5.78 Å². The first-order chi connectivity index (χ1) is 15.0. The highest BCUT2D eigenvalue weighted by Crippen LogP contribution is 2.23. The summed E-state index contributed by atoms with van der Waals surface area (Å²) in [4.78, 5) is 39.6. The van der Waals surface area contributed by atoms with Crippen LogP contribution < -0.4 is 10.4 Å². The summed E-state index contributed by atoms with van der Waals surface area (Å²) in [5.74, 6) is -0.650. The van der Waals surface area contributed by atoms with Gasteiger partial charge in [-0.2, -0.15) is 0 Å². The SMILES string of the molecule is CC(=O)N1CCN(c2ccccc2C(=O)C=Cc2cccc(C=CC(=O)NO)c2)CC1. The Morgan fingerprint density at radius 1 is 0.903 bits per heavy atom. The highest BCUT2D eigenvalue weighted by atomic mass is 16.5. The van der Waals surface area contributed by atoms with Crippen LogP contribution in [0, 0.1) is 0 Å². The quantitative estimate of drug-likeness (QED) is 0.325. The van der Waals surface area contributed by atoms with Crippen LogP contribution in [0.3, 0.4) is 0 Å². The Balaban J connectivity index is 1.73. The summed E-state index contributed by atoms with van der Waals surface area (Å²) in [5.41, 5.74) is 4.60. The summed E-state index contributed by atoms with van der Waals surface area (Å²) in [6.45, 7) is 4.22. The van der Waals surface area contributed by atoms with Gasteiger partial charge in [-0.25, -0.2) is 5.48 Å². The van der Waals surface area contributed by atoms with Crippen LogP contribution in [-0.2, 0) is 9.59 Å². The Hall–Kier alpha value is -3.71. The van der Waals surface area contributed by atoms with Gasteiger partial charge in [-0.3, -0.25) is 19.6 Å². The maximum atomic E-state index is 12.9. The van der Waals surface area contributed by atoms with Crippen molar-refractivity contribution in [2.45, 2.75) is 6.92 Å². The first-order valence-electron chi connectivity index (χ1n) is 10.0. The maximum absolute atomic E-state index is 12.9. The lowest BCUT2D eigenvalue weighted by Gasteiger charge is -2.36. The third-order valence-corrected chi connectivity index (χ3v) is 5.11. The zero-order chi connectivity index (χ0) is 22.2. The van der Waals surface area contributed by atoms with Gasteiger partial charge in [0.1, 0.15) is 0 Å². The average Bonchev–Trinajstić information content (AvgIpc) is 2.81. The number of piperazine rings is 1. The number of carbonyl (C=O) groups is 3. The van der Waals surface area contributed by atoms with Gasteiger partial charge in [-0.05, 0) is 41.5 Å². The number of para-hydroxylation sites is 1. The molecule has 7 heteroatoms. The average molecular weight is 419 g/mol. The van der Waals surface area contributed by atoms with E-state index in [0.717, 1.165) is 16.8 Å². The molecule has 0 atom stereocenters. The van der Waals surface area contributed by atoms with Crippen molar-refractivity contribution in [2.24, 2.45) is 0 Å². The summed E-state index contributed by atoms with van der Waals surface area (Å²) in [5, 5.41) is 8.55. The molecule has 0 bridgehead atoms. The molecule has 0 aromatic heterocycles. The predicted molar refractivity (Wildman–Crippen MR) is 120 cm³/mol. The first-order valence-corrected chi connectivity index (χ1v) is 10.0. The van der Waals surface area contributed by atoms with E-state index in [4.69, 9.17) is 5.21 Å². The third kappa shape index (κ3) is 5.90. The Morgan fingerprint density at radius 2 is 1.55 bits per heavy atom. The van der Waals surface area contributed by atoms with Gasteiger partial charge >= 0.3 is 0 Å². The molecule has 2 N–H and O–H groups in total. The maximum Gasteiger partial charge on any atom is 0.267 e. The molecule has 160 valence electrons. The second kappa shape index (κ2) is 10.4. The minimum Gasteiger partial charge on any atom is -0.367 e. The minimum atomic E-state index is -0.614. The highest BCUT2D eigenvalue weighted by molar-refractivity contribution is 6.10. The molecule has 2 aromatic rings. The van der Waals surface area contributed by atoms with Gasteiger partial charge in [0.2, 0.25) is 5.91 Å². The third-order valence-electron chi connectivity index (χ3n) is 5.11. The molecule has 2 amide bonds. The molecule has 7 nitrogen and oxygen atoms in total. The summed E-state index contributed by atoms with van der Waals surface area (Å²) < 4.78 is 0. The number of carbonyl (C=O) groups excluding carboxylic acids is 3. The predicted octanol–water partition coefficient (Wildman–Crippen LogP) is 2.77. The normalized spacial score (nSPS) is 14.3. The van der Waals surface area contributed by atoms with E-state index in [-0.39, 0.29) is 11.7 Å². The van der Waals surface area contributed by atoms with E-state index >= 15 is 0 Å². The Labute approximate surface area is 181 Å². The largest absolute Gasteiger partial charge is 0.367 e. The molecular weight excluding hydrogens is 394 g/mol. The van der Waals surface area contributed by atoms with E-state index < -0.39 is 5.91 Å². The molecule has 0 unspecified atom stereocenters. The number of ketones is 1. The summed E-state index contributed by atoms with van der Waals surface area (Å²) >= 11 is 0. The number of anilines is 1. The van der Waals surface area contributed by atoms with Crippen LogP contribution in [0.15, 0.2) is 60.7 Å². The molecule has 1 aliphatic heterocycles. The fraction of sp³-hybridized carbons (Fsp3) is 0.208. The van der Waals surface area contributed by atoms with E-state index in [0.29, 0.717) is 31.7 Å². The molecule has 0 aliphatic carbocycles. The van der Waals surface area contributed by atoms with Gasteiger partial charge in [0, 0.05) is 50.4 Å². The topological polar surface area (TPSA) is 90.0 Å². The number of allylic oxidation sites excluding steroid dienone is 1. The lowest BCUT2D eigenvalue weighted by Crippen LogP contribution is -2.48. The molecule has 1 saturated heterocycles. The molecule has 31 heavy (non-hydrogen) atoms. The second-order valence-corrected chi connectivity index (χ2v) is 7.19. The van der Waals surface area contributed by atoms with Crippen LogP contribution in [0.5, 0.6) is 0 Å². The molecule has 1 aliphatic rings. The van der Waals surface area contributed by atoms with Crippen LogP contribution in [0.4, 0.5) is 5.69 Å².